The number of pyridine rings is 1. The lowest BCUT2D eigenvalue weighted by Gasteiger charge is -2.21. The molecule has 6 heteroatoms. The van der Waals surface area contributed by atoms with Gasteiger partial charge in [-0.2, -0.15) is 0 Å². The number of benzene rings is 1. The fourth-order valence-corrected chi connectivity index (χ4v) is 3.93. The molecule has 3 aromatic rings. The second-order valence-electron chi connectivity index (χ2n) is 6.89. The molecule has 1 aromatic carbocycles. The number of nitrogens with one attached hydrogen (secondary N) is 1. The molecule has 0 aliphatic rings. The summed E-state index contributed by atoms with van der Waals surface area (Å²) in [5.74, 6) is 0.841. The lowest BCUT2D eigenvalue weighted by atomic mass is 9.87. The molecule has 0 spiro atoms. The number of nitrogens with zero attached hydrogens (tertiary/aromatic N) is 2. The molecule has 1 unspecified atom stereocenters. The van der Waals surface area contributed by atoms with Crippen molar-refractivity contribution in [3.05, 3.63) is 65.3 Å². The summed E-state index contributed by atoms with van der Waals surface area (Å²) < 4.78 is 5.21. The van der Waals surface area contributed by atoms with Gasteiger partial charge >= 0.3 is 0 Å². The van der Waals surface area contributed by atoms with Crippen LogP contribution in [-0.4, -0.2) is 29.5 Å². The maximum absolute atomic E-state index is 12.8. The van der Waals surface area contributed by atoms with Crippen molar-refractivity contribution in [2.45, 2.75) is 26.2 Å². The number of rotatable bonds is 8. The highest BCUT2D eigenvalue weighted by molar-refractivity contribution is 7.13. The van der Waals surface area contributed by atoms with Crippen molar-refractivity contribution in [2.75, 3.05) is 13.7 Å². The number of carbonyl (C=O) groups excluding carboxylic acids is 1. The van der Waals surface area contributed by atoms with Gasteiger partial charge in [-0.3, -0.25) is 9.78 Å². The molecule has 3 rings (SSSR count). The number of amides is 1. The van der Waals surface area contributed by atoms with Crippen molar-refractivity contribution in [2.24, 2.45) is 5.92 Å². The van der Waals surface area contributed by atoms with Crippen molar-refractivity contribution in [3.8, 4) is 16.5 Å². The summed E-state index contributed by atoms with van der Waals surface area (Å²) in [6, 6.07) is 13.5. The molecule has 1 N–H and O–H groups in total. The van der Waals surface area contributed by atoms with Crippen molar-refractivity contribution in [1.29, 1.82) is 0 Å². The van der Waals surface area contributed by atoms with Crippen LogP contribution in [-0.2, 0) is 11.2 Å². The first-order valence-electron chi connectivity index (χ1n) is 9.36. The van der Waals surface area contributed by atoms with Gasteiger partial charge in [-0.1, -0.05) is 32.0 Å². The SMILES string of the molecule is COc1ccc(C(C(=O)NCCc2csc(-c3ccccn3)n2)C(C)C)cc1. The lowest BCUT2D eigenvalue weighted by molar-refractivity contribution is -0.123. The fourth-order valence-electron chi connectivity index (χ4n) is 3.10. The molecule has 146 valence electrons. The summed E-state index contributed by atoms with van der Waals surface area (Å²) in [4.78, 5) is 21.7. The van der Waals surface area contributed by atoms with E-state index in [9.17, 15) is 4.79 Å². The number of ether oxygens (including phenoxy) is 1. The third-order valence-corrected chi connectivity index (χ3v) is 5.45. The number of aromatic nitrogens is 2. The van der Waals surface area contributed by atoms with Crippen LogP contribution >= 0.6 is 11.3 Å². The van der Waals surface area contributed by atoms with Gasteiger partial charge in [0, 0.05) is 24.5 Å². The van der Waals surface area contributed by atoms with E-state index in [0.717, 1.165) is 27.7 Å². The zero-order valence-electron chi connectivity index (χ0n) is 16.4. The molecule has 5 nitrogen and oxygen atoms in total. The molecule has 1 atom stereocenters. The van der Waals surface area contributed by atoms with Crippen LogP contribution in [0.5, 0.6) is 5.75 Å². The predicted molar refractivity (Wildman–Crippen MR) is 113 cm³/mol. The summed E-state index contributed by atoms with van der Waals surface area (Å²) in [6.07, 6.45) is 2.46. The van der Waals surface area contributed by atoms with Crippen LogP contribution in [0.2, 0.25) is 0 Å². The first-order chi connectivity index (χ1) is 13.6. The molecular formula is C22H25N3O2S. The fraction of sp³-hybridized carbons (Fsp3) is 0.318. The molecule has 0 aliphatic heterocycles. The zero-order chi connectivity index (χ0) is 19.9. The van der Waals surface area contributed by atoms with E-state index < -0.39 is 0 Å². The predicted octanol–water partition coefficient (Wildman–Crippen LogP) is 4.31. The summed E-state index contributed by atoms with van der Waals surface area (Å²) in [5, 5.41) is 6.00. The van der Waals surface area contributed by atoms with Crippen LogP contribution < -0.4 is 10.1 Å². The highest BCUT2D eigenvalue weighted by Crippen LogP contribution is 2.26. The minimum Gasteiger partial charge on any atom is -0.497 e. The van der Waals surface area contributed by atoms with E-state index in [0.29, 0.717) is 13.0 Å². The molecule has 0 saturated heterocycles. The van der Waals surface area contributed by atoms with E-state index in [1.54, 1.807) is 24.6 Å². The van der Waals surface area contributed by atoms with Gasteiger partial charge in [-0.15, -0.1) is 11.3 Å². The molecular weight excluding hydrogens is 370 g/mol. The number of hydrogen-bond acceptors (Lipinski definition) is 5. The Bertz CT molecular complexity index is 892. The van der Waals surface area contributed by atoms with E-state index in [1.165, 1.54) is 0 Å². The highest BCUT2D eigenvalue weighted by atomic mass is 32.1. The van der Waals surface area contributed by atoms with E-state index in [1.807, 2.05) is 47.8 Å². The first kappa shape index (κ1) is 20.0. The van der Waals surface area contributed by atoms with Gasteiger partial charge in [0.25, 0.3) is 0 Å². The van der Waals surface area contributed by atoms with Gasteiger partial charge in [-0.25, -0.2) is 4.98 Å². The third kappa shape index (κ3) is 4.95. The van der Waals surface area contributed by atoms with Crippen LogP contribution in [0.25, 0.3) is 10.7 Å². The van der Waals surface area contributed by atoms with Gasteiger partial charge in [0.05, 0.1) is 24.4 Å². The van der Waals surface area contributed by atoms with Crippen LogP contribution in [0.1, 0.15) is 31.0 Å². The summed E-state index contributed by atoms with van der Waals surface area (Å²) in [6.45, 7) is 4.69. The maximum atomic E-state index is 12.8. The molecule has 0 fully saturated rings. The minimum absolute atomic E-state index is 0.0420. The van der Waals surface area contributed by atoms with E-state index >= 15 is 0 Å². The molecule has 2 heterocycles. The molecule has 2 aromatic heterocycles. The Morgan fingerprint density at radius 1 is 1.18 bits per heavy atom. The van der Waals surface area contributed by atoms with Crippen molar-refractivity contribution >= 4 is 17.2 Å². The van der Waals surface area contributed by atoms with E-state index in [2.05, 4.69) is 29.1 Å². The average molecular weight is 396 g/mol. The number of hydrogen-bond donors (Lipinski definition) is 1. The smallest absolute Gasteiger partial charge is 0.227 e. The minimum atomic E-state index is -0.189. The van der Waals surface area contributed by atoms with Crippen LogP contribution in [0, 0.1) is 5.92 Å². The second kappa shape index (κ2) is 9.46. The van der Waals surface area contributed by atoms with Crippen LogP contribution in [0.15, 0.2) is 54.0 Å². The zero-order valence-corrected chi connectivity index (χ0v) is 17.2. The molecule has 0 aliphatic carbocycles. The van der Waals surface area contributed by atoms with Gasteiger partial charge in [0.1, 0.15) is 10.8 Å². The van der Waals surface area contributed by atoms with Gasteiger partial charge in [0.15, 0.2) is 0 Å². The van der Waals surface area contributed by atoms with Crippen LogP contribution in [0.4, 0.5) is 0 Å². The van der Waals surface area contributed by atoms with E-state index in [-0.39, 0.29) is 17.7 Å². The third-order valence-electron chi connectivity index (χ3n) is 4.54. The Balaban J connectivity index is 1.58. The highest BCUT2D eigenvalue weighted by Gasteiger charge is 2.24. The van der Waals surface area contributed by atoms with Gasteiger partial charge in [0.2, 0.25) is 5.91 Å². The monoisotopic (exact) mass is 395 g/mol. The first-order valence-corrected chi connectivity index (χ1v) is 10.2. The van der Waals surface area contributed by atoms with E-state index in [4.69, 9.17) is 4.74 Å². The van der Waals surface area contributed by atoms with Gasteiger partial charge in [-0.05, 0) is 35.7 Å². The summed E-state index contributed by atoms with van der Waals surface area (Å²) >= 11 is 1.57. The number of carbonyl (C=O) groups is 1. The van der Waals surface area contributed by atoms with Crippen molar-refractivity contribution in [3.63, 3.8) is 0 Å². The molecule has 0 radical (unpaired) electrons. The number of thiazole rings is 1. The Morgan fingerprint density at radius 3 is 2.61 bits per heavy atom. The summed E-state index contributed by atoms with van der Waals surface area (Å²) in [5.41, 5.74) is 2.85. The van der Waals surface area contributed by atoms with Crippen molar-refractivity contribution in [1.82, 2.24) is 15.3 Å². The topological polar surface area (TPSA) is 64.1 Å². The molecule has 28 heavy (non-hydrogen) atoms. The normalized spacial score (nSPS) is 12.0. The molecule has 0 bridgehead atoms. The van der Waals surface area contributed by atoms with Gasteiger partial charge < -0.3 is 10.1 Å². The number of methoxy groups -OCH3 is 1. The standard InChI is InChI=1S/C22H25N3O2S/c1-15(2)20(16-7-9-18(27-3)10-8-16)21(26)24-13-11-17-14-28-22(25-17)19-6-4-5-12-23-19/h4-10,12,14-15,20H,11,13H2,1-3H3,(H,24,26). The van der Waals surface area contributed by atoms with Crippen molar-refractivity contribution < 1.29 is 9.53 Å². The Hall–Kier alpha value is -2.73. The Labute approximate surface area is 169 Å². The quantitative estimate of drug-likeness (QED) is 0.617. The average Bonchev–Trinajstić information content (AvgIpc) is 3.18. The van der Waals surface area contributed by atoms with Crippen LogP contribution in [0.3, 0.4) is 0 Å². The largest absolute Gasteiger partial charge is 0.497 e. The maximum Gasteiger partial charge on any atom is 0.227 e. The molecule has 1 amide bonds. The summed E-state index contributed by atoms with van der Waals surface area (Å²) in [7, 11) is 1.64. The lowest BCUT2D eigenvalue weighted by Crippen LogP contribution is -2.33. The molecule has 0 saturated carbocycles. The Kier molecular flexibility index (Phi) is 6.76. The second-order valence-corrected chi connectivity index (χ2v) is 7.75. The Morgan fingerprint density at radius 2 is 1.96 bits per heavy atom.